The molecule has 0 radical (unpaired) electrons. The number of amides is 5. The minimum atomic E-state index is -1.14. The van der Waals surface area contributed by atoms with Crippen molar-refractivity contribution < 1.29 is 38.2 Å². The van der Waals surface area contributed by atoms with Gasteiger partial charge in [-0.25, -0.2) is 9.59 Å². The number of hydrogen-bond acceptors (Lipinski definition) is 8. The molecule has 11 heteroatoms. The van der Waals surface area contributed by atoms with Crippen LogP contribution in [0.3, 0.4) is 0 Å². The first-order valence-electron chi connectivity index (χ1n) is 13.0. The van der Waals surface area contributed by atoms with E-state index in [9.17, 15) is 28.8 Å². The third kappa shape index (κ3) is 6.36. The van der Waals surface area contributed by atoms with Crippen molar-refractivity contribution in [3.05, 3.63) is 71.3 Å². The minimum Gasteiger partial charge on any atom is -0.462 e. The van der Waals surface area contributed by atoms with Crippen LogP contribution in [0.1, 0.15) is 59.9 Å². The van der Waals surface area contributed by atoms with Gasteiger partial charge >= 0.3 is 12.1 Å². The summed E-state index contributed by atoms with van der Waals surface area (Å²) < 4.78 is 10.6. The van der Waals surface area contributed by atoms with E-state index in [1.54, 1.807) is 57.2 Å². The monoisotopic (exact) mass is 549 g/mol. The molecule has 210 valence electrons. The lowest BCUT2D eigenvalue weighted by Gasteiger charge is -2.34. The van der Waals surface area contributed by atoms with Crippen LogP contribution in [-0.4, -0.2) is 76.3 Å². The largest absolute Gasteiger partial charge is 0.462 e. The van der Waals surface area contributed by atoms with Crippen LogP contribution in [0.15, 0.2) is 54.6 Å². The van der Waals surface area contributed by atoms with Crippen molar-refractivity contribution in [2.75, 3.05) is 13.2 Å². The molecule has 2 aliphatic rings. The topological polar surface area (TPSA) is 139 Å². The Balaban J connectivity index is 1.40. The molecule has 0 bridgehead atoms. The summed E-state index contributed by atoms with van der Waals surface area (Å²) in [5.41, 5.74) is 0.404. The summed E-state index contributed by atoms with van der Waals surface area (Å²) in [4.78, 5) is 78.7. The number of likely N-dealkylation sites (tertiary alicyclic amines) is 1. The van der Waals surface area contributed by atoms with Gasteiger partial charge < -0.3 is 14.8 Å². The van der Waals surface area contributed by atoms with Gasteiger partial charge in [0.15, 0.2) is 0 Å². The van der Waals surface area contributed by atoms with Crippen molar-refractivity contribution in [3.8, 4) is 0 Å². The quantitative estimate of drug-likeness (QED) is 0.391. The molecule has 4 rings (SSSR count). The molecule has 40 heavy (non-hydrogen) atoms. The van der Waals surface area contributed by atoms with Crippen LogP contribution in [0.5, 0.6) is 0 Å². The van der Waals surface area contributed by atoms with Crippen molar-refractivity contribution in [1.29, 1.82) is 0 Å². The Labute approximate surface area is 231 Å². The lowest BCUT2D eigenvalue weighted by Crippen LogP contribution is -2.56. The number of piperidine rings is 1. The second kappa shape index (κ2) is 11.7. The number of carbonyl (C=O) groups excluding carboxylic acids is 6. The summed E-state index contributed by atoms with van der Waals surface area (Å²) in [6.07, 6.45) is -0.717. The second-order valence-electron chi connectivity index (χ2n) is 10.5. The van der Waals surface area contributed by atoms with E-state index in [1.807, 2.05) is 6.07 Å². The molecule has 0 aromatic heterocycles. The van der Waals surface area contributed by atoms with E-state index in [0.29, 0.717) is 0 Å². The van der Waals surface area contributed by atoms with Crippen molar-refractivity contribution in [2.45, 2.75) is 57.7 Å². The number of ether oxygens (including phenoxy) is 2. The summed E-state index contributed by atoms with van der Waals surface area (Å²) >= 11 is 0. The molecule has 1 fully saturated rings. The summed E-state index contributed by atoms with van der Waals surface area (Å²) in [7, 11) is 0. The molecule has 1 saturated heterocycles. The van der Waals surface area contributed by atoms with Gasteiger partial charge in [-0.1, -0.05) is 42.5 Å². The number of hydrogen-bond donors (Lipinski definition) is 1. The molecule has 2 atom stereocenters. The molecule has 1 unspecified atom stereocenters. The zero-order chi connectivity index (χ0) is 29.0. The molecule has 2 aromatic carbocycles. The molecular formula is C29H31N3O8. The lowest BCUT2D eigenvalue weighted by atomic mass is 10.0. The van der Waals surface area contributed by atoms with Crippen LogP contribution >= 0.6 is 0 Å². The number of benzene rings is 2. The first-order valence-corrected chi connectivity index (χ1v) is 13.0. The smallest absolute Gasteiger partial charge is 0.408 e. The van der Waals surface area contributed by atoms with Crippen LogP contribution in [0, 0.1) is 0 Å². The Morgan fingerprint density at radius 3 is 2.15 bits per heavy atom. The van der Waals surface area contributed by atoms with Crippen LogP contribution < -0.4 is 5.32 Å². The van der Waals surface area contributed by atoms with E-state index in [4.69, 9.17) is 9.47 Å². The zero-order valence-corrected chi connectivity index (χ0v) is 22.5. The van der Waals surface area contributed by atoms with Crippen molar-refractivity contribution in [1.82, 2.24) is 15.1 Å². The Morgan fingerprint density at radius 1 is 0.950 bits per heavy atom. The molecule has 11 nitrogen and oxygen atoms in total. The molecule has 0 saturated carbocycles. The third-order valence-corrected chi connectivity index (χ3v) is 6.44. The SMILES string of the molecule is CC(C)(C)OC(=O)N[C@@H](Cc1ccccc1)C(=O)OCCN1C(=O)CCC(N2C(=O)c3ccccc3C2=O)C1=O. The number of alkyl carbamates (subject to hydrolysis) is 1. The molecule has 2 heterocycles. The van der Waals surface area contributed by atoms with E-state index in [-0.39, 0.29) is 43.5 Å². The minimum absolute atomic E-state index is 0.0123. The van der Waals surface area contributed by atoms with Gasteiger partial charge in [0.05, 0.1) is 17.7 Å². The van der Waals surface area contributed by atoms with Gasteiger partial charge in [0, 0.05) is 12.8 Å². The van der Waals surface area contributed by atoms with E-state index in [2.05, 4.69) is 5.32 Å². The summed E-state index contributed by atoms with van der Waals surface area (Å²) in [6, 6.07) is 13.1. The van der Waals surface area contributed by atoms with Crippen LogP contribution in [0.2, 0.25) is 0 Å². The average molecular weight is 550 g/mol. The molecule has 0 spiro atoms. The normalized spacial score (nSPS) is 17.9. The van der Waals surface area contributed by atoms with Crippen molar-refractivity contribution >= 4 is 35.7 Å². The predicted molar refractivity (Wildman–Crippen MR) is 141 cm³/mol. The second-order valence-corrected chi connectivity index (χ2v) is 10.5. The lowest BCUT2D eigenvalue weighted by molar-refractivity contribution is -0.156. The van der Waals surface area contributed by atoms with Gasteiger partial charge in [0.25, 0.3) is 17.7 Å². The Bertz CT molecular complexity index is 1300. The number of esters is 1. The number of rotatable bonds is 8. The Kier molecular flexibility index (Phi) is 8.32. The maximum Gasteiger partial charge on any atom is 0.408 e. The van der Waals surface area contributed by atoms with Crippen LogP contribution in [0.25, 0.3) is 0 Å². The van der Waals surface area contributed by atoms with Crippen LogP contribution in [0.4, 0.5) is 4.79 Å². The summed E-state index contributed by atoms with van der Waals surface area (Å²) in [6.45, 7) is 4.47. The highest BCUT2D eigenvalue weighted by molar-refractivity contribution is 6.23. The number of nitrogens with one attached hydrogen (secondary N) is 1. The van der Waals surface area contributed by atoms with E-state index in [0.717, 1.165) is 15.4 Å². The average Bonchev–Trinajstić information content (AvgIpc) is 3.15. The van der Waals surface area contributed by atoms with Crippen LogP contribution in [-0.2, 0) is 30.3 Å². The van der Waals surface area contributed by atoms with Gasteiger partial charge in [-0.2, -0.15) is 0 Å². The van der Waals surface area contributed by atoms with Gasteiger partial charge in [0.1, 0.15) is 24.3 Å². The molecule has 2 aliphatic heterocycles. The highest BCUT2D eigenvalue weighted by Gasteiger charge is 2.46. The zero-order valence-electron chi connectivity index (χ0n) is 22.5. The number of fused-ring (bicyclic) bond motifs is 1. The molecular weight excluding hydrogens is 518 g/mol. The standard InChI is InChI=1S/C29H31N3O8/c1-29(2,3)40-28(38)30-21(17-18-9-5-4-6-10-18)27(37)39-16-15-31-23(33)14-13-22(26(31)36)32-24(34)19-11-7-8-12-20(19)25(32)35/h4-12,21-22H,13-17H2,1-3H3,(H,30,38)/t21-,22?/m0/s1. The molecule has 1 N–H and O–H groups in total. The Morgan fingerprint density at radius 2 is 1.55 bits per heavy atom. The predicted octanol–water partition coefficient (Wildman–Crippen LogP) is 2.48. The first-order chi connectivity index (χ1) is 19.0. The van der Waals surface area contributed by atoms with E-state index < -0.39 is 53.4 Å². The highest BCUT2D eigenvalue weighted by atomic mass is 16.6. The molecule has 0 aliphatic carbocycles. The maximum absolute atomic E-state index is 13.2. The fraction of sp³-hybridized carbons (Fsp3) is 0.379. The van der Waals surface area contributed by atoms with Crippen molar-refractivity contribution in [3.63, 3.8) is 0 Å². The highest BCUT2D eigenvalue weighted by Crippen LogP contribution is 2.29. The van der Waals surface area contributed by atoms with Gasteiger partial charge in [-0.05, 0) is 44.9 Å². The summed E-state index contributed by atoms with van der Waals surface area (Å²) in [5.74, 6) is -3.16. The number of imide groups is 2. The van der Waals surface area contributed by atoms with Gasteiger partial charge in [-0.15, -0.1) is 0 Å². The fourth-order valence-electron chi connectivity index (χ4n) is 4.62. The third-order valence-electron chi connectivity index (χ3n) is 6.44. The van der Waals surface area contributed by atoms with E-state index in [1.165, 1.54) is 12.1 Å². The molecule has 2 aromatic rings. The van der Waals surface area contributed by atoms with Crippen molar-refractivity contribution in [2.24, 2.45) is 0 Å². The number of nitrogens with zero attached hydrogens (tertiary/aromatic N) is 2. The van der Waals surface area contributed by atoms with E-state index >= 15 is 0 Å². The fourth-order valence-corrected chi connectivity index (χ4v) is 4.62. The number of carbonyl (C=O) groups is 6. The Hall–Kier alpha value is -4.54. The maximum atomic E-state index is 13.2. The summed E-state index contributed by atoms with van der Waals surface area (Å²) in [5, 5.41) is 2.53. The molecule has 5 amide bonds. The van der Waals surface area contributed by atoms with Gasteiger partial charge in [0.2, 0.25) is 5.91 Å². The van der Waals surface area contributed by atoms with Gasteiger partial charge in [-0.3, -0.25) is 29.0 Å². The first kappa shape index (κ1) is 28.5.